The summed E-state index contributed by atoms with van der Waals surface area (Å²) < 4.78 is 23.2. The fraction of sp³-hybridized carbons (Fsp3) is 0.118. The van der Waals surface area contributed by atoms with Gasteiger partial charge in [0.25, 0.3) is 0 Å². The van der Waals surface area contributed by atoms with Crippen LogP contribution in [0.25, 0.3) is 0 Å². The summed E-state index contributed by atoms with van der Waals surface area (Å²) >= 11 is 0. The Morgan fingerprint density at radius 3 is 2.30 bits per heavy atom. The van der Waals surface area contributed by atoms with Gasteiger partial charge in [0.1, 0.15) is 6.29 Å². The van der Waals surface area contributed by atoms with Gasteiger partial charge in [-0.1, -0.05) is 12.1 Å². The summed E-state index contributed by atoms with van der Waals surface area (Å²) in [5.41, 5.74) is 0.711. The fourth-order valence-electron chi connectivity index (χ4n) is 1.84. The molecular weight excluding hydrogens is 303 g/mol. The predicted octanol–water partition coefficient (Wildman–Crippen LogP) is 2.69. The molecule has 0 aliphatic heterocycles. The second-order valence-corrected chi connectivity index (χ2v) is 4.59. The van der Waals surface area contributed by atoms with Crippen LogP contribution in [0.2, 0.25) is 0 Å². The van der Waals surface area contributed by atoms with Gasteiger partial charge in [0, 0.05) is 11.1 Å². The SMILES string of the molecule is COc1ccc(C(=O)COC(=O)c2ccc(C=O)cc2)cc1F. The summed E-state index contributed by atoms with van der Waals surface area (Å²) in [5.74, 6) is -1.89. The number of benzene rings is 2. The molecule has 0 spiro atoms. The van der Waals surface area contributed by atoms with Gasteiger partial charge < -0.3 is 9.47 Å². The first kappa shape index (κ1) is 16.4. The molecule has 0 saturated heterocycles. The molecule has 0 saturated carbocycles. The van der Waals surface area contributed by atoms with E-state index >= 15 is 0 Å². The van der Waals surface area contributed by atoms with E-state index in [1.165, 1.54) is 43.5 Å². The van der Waals surface area contributed by atoms with Crippen molar-refractivity contribution in [3.8, 4) is 5.75 Å². The zero-order chi connectivity index (χ0) is 16.8. The Morgan fingerprint density at radius 1 is 1.09 bits per heavy atom. The maximum Gasteiger partial charge on any atom is 0.338 e. The Hall–Kier alpha value is -3.02. The normalized spacial score (nSPS) is 10.0. The number of carbonyl (C=O) groups excluding carboxylic acids is 3. The van der Waals surface area contributed by atoms with Crippen LogP contribution in [0.5, 0.6) is 5.75 Å². The molecule has 0 radical (unpaired) electrons. The first-order valence-electron chi connectivity index (χ1n) is 6.64. The number of Topliss-reactive ketones (excluding diaryl/α,β-unsaturated/α-hetero) is 1. The highest BCUT2D eigenvalue weighted by Crippen LogP contribution is 2.18. The molecule has 0 atom stereocenters. The highest BCUT2D eigenvalue weighted by molar-refractivity contribution is 5.99. The van der Waals surface area contributed by atoms with Crippen molar-refractivity contribution in [1.29, 1.82) is 0 Å². The molecule has 0 aliphatic carbocycles. The van der Waals surface area contributed by atoms with Crippen LogP contribution in [0.3, 0.4) is 0 Å². The van der Waals surface area contributed by atoms with E-state index < -0.39 is 24.2 Å². The molecule has 0 amide bonds. The topological polar surface area (TPSA) is 69.7 Å². The number of rotatable bonds is 6. The van der Waals surface area contributed by atoms with Crippen molar-refractivity contribution in [1.82, 2.24) is 0 Å². The highest BCUT2D eigenvalue weighted by Gasteiger charge is 2.14. The largest absolute Gasteiger partial charge is 0.494 e. The molecule has 23 heavy (non-hydrogen) atoms. The highest BCUT2D eigenvalue weighted by atomic mass is 19.1. The van der Waals surface area contributed by atoms with Crippen LogP contribution >= 0.6 is 0 Å². The van der Waals surface area contributed by atoms with E-state index in [0.717, 1.165) is 6.07 Å². The van der Waals surface area contributed by atoms with Crippen LogP contribution in [0, 0.1) is 5.82 Å². The van der Waals surface area contributed by atoms with E-state index in [2.05, 4.69) is 0 Å². The molecule has 2 aromatic carbocycles. The van der Waals surface area contributed by atoms with Crippen LogP contribution in [-0.2, 0) is 4.74 Å². The summed E-state index contributed by atoms with van der Waals surface area (Å²) in [6.07, 6.45) is 0.650. The van der Waals surface area contributed by atoms with Crippen molar-refractivity contribution in [2.45, 2.75) is 0 Å². The van der Waals surface area contributed by atoms with E-state index in [4.69, 9.17) is 9.47 Å². The maximum atomic E-state index is 13.5. The number of hydrogen-bond acceptors (Lipinski definition) is 5. The smallest absolute Gasteiger partial charge is 0.338 e. The number of methoxy groups -OCH3 is 1. The summed E-state index contributed by atoms with van der Waals surface area (Å²) in [4.78, 5) is 34.2. The lowest BCUT2D eigenvalue weighted by Crippen LogP contribution is -2.14. The summed E-state index contributed by atoms with van der Waals surface area (Å²) in [5, 5.41) is 0. The Morgan fingerprint density at radius 2 is 1.74 bits per heavy atom. The minimum atomic E-state index is -0.704. The third kappa shape index (κ3) is 4.00. The van der Waals surface area contributed by atoms with E-state index in [1.54, 1.807) is 0 Å². The number of ketones is 1. The van der Waals surface area contributed by atoms with E-state index in [9.17, 15) is 18.8 Å². The van der Waals surface area contributed by atoms with Gasteiger partial charge in [-0.15, -0.1) is 0 Å². The number of aldehydes is 1. The lowest BCUT2D eigenvalue weighted by atomic mass is 10.1. The molecule has 0 bridgehead atoms. The van der Waals surface area contributed by atoms with Gasteiger partial charge in [0.2, 0.25) is 0 Å². The van der Waals surface area contributed by atoms with Crippen molar-refractivity contribution in [2.75, 3.05) is 13.7 Å². The molecule has 118 valence electrons. The Bertz CT molecular complexity index is 737. The average Bonchev–Trinajstić information content (AvgIpc) is 2.59. The molecular formula is C17H13FO5. The second-order valence-electron chi connectivity index (χ2n) is 4.59. The van der Waals surface area contributed by atoms with Gasteiger partial charge in [-0.2, -0.15) is 0 Å². The van der Waals surface area contributed by atoms with Gasteiger partial charge >= 0.3 is 5.97 Å². The zero-order valence-electron chi connectivity index (χ0n) is 12.2. The summed E-state index contributed by atoms with van der Waals surface area (Å²) in [6.45, 7) is -0.514. The summed E-state index contributed by atoms with van der Waals surface area (Å²) in [7, 11) is 1.32. The Labute approximate surface area is 131 Å². The van der Waals surface area contributed by atoms with Crippen molar-refractivity contribution < 1.29 is 28.2 Å². The number of halogens is 1. The minimum absolute atomic E-state index is 0.0220. The van der Waals surface area contributed by atoms with Gasteiger partial charge in [-0.25, -0.2) is 9.18 Å². The van der Waals surface area contributed by atoms with E-state index in [1.807, 2.05) is 0 Å². The third-order valence-corrected chi connectivity index (χ3v) is 3.09. The summed E-state index contributed by atoms with van der Waals surface area (Å²) in [6, 6.07) is 9.50. The molecule has 2 rings (SSSR count). The minimum Gasteiger partial charge on any atom is -0.494 e. The van der Waals surface area contributed by atoms with Crippen LogP contribution < -0.4 is 4.74 Å². The van der Waals surface area contributed by atoms with Crippen molar-refractivity contribution in [3.63, 3.8) is 0 Å². The quantitative estimate of drug-likeness (QED) is 0.465. The van der Waals surface area contributed by atoms with Crippen molar-refractivity contribution in [3.05, 3.63) is 65.0 Å². The molecule has 0 aromatic heterocycles. The first-order valence-corrected chi connectivity index (χ1v) is 6.64. The van der Waals surface area contributed by atoms with Gasteiger partial charge in [-0.3, -0.25) is 9.59 Å². The Balaban J connectivity index is 1.99. The average molecular weight is 316 g/mol. The first-order chi connectivity index (χ1) is 11.0. The zero-order valence-corrected chi connectivity index (χ0v) is 12.2. The van der Waals surface area contributed by atoms with Crippen LogP contribution in [-0.4, -0.2) is 31.8 Å². The predicted molar refractivity (Wildman–Crippen MR) is 79.4 cm³/mol. The molecule has 6 heteroatoms. The molecule has 5 nitrogen and oxygen atoms in total. The molecule has 0 fully saturated rings. The molecule has 0 unspecified atom stereocenters. The van der Waals surface area contributed by atoms with Crippen molar-refractivity contribution in [2.24, 2.45) is 0 Å². The molecule has 0 aliphatic rings. The standard InChI is InChI=1S/C17H13FO5/c1-22-16-7-6-13(8-14(16)18)15(20)10-23-17(21)12-4-2-11(9-19)3-5-12/h2-9H,10H2,1H3. The maximum absolute atomic E-state index is 13.5. The van der Waals surface area contributed by atoms with Gasteiger partial charge in [0.05, 0.1) is 12.7 Å². The second kappa shape index (κ2) is 7.31. The molecule has 0 heterocycles. The molecule has 0 N–H and O–H groups in total. The number of ether oxygens (including phenoxy) is 2. The van der Waals surface area contributed by atoms with Gasteiger partial charge in [0.15, 0.2) is 24.0 Å². The third-order valence-electron chi connectivity index (χ3n) is 3.09. The lowest BCUT2D eigenvalue weighted by Gasteiger charge is -2.06. The Kier molecular flexibility index (Phi) is 5.19. The van der Waals surface area contributed by atoms with Crippen molar-refractivity contribution >= 4 is 18.0 Å². The monoisotopic (exact) mass is 316 g/mol. The number of esters is 1. The van der Waals surface area contributed by atoms with Crippen LogP contribution in [0.4, 0.5) is 4.39 Å². The number of hydrogen-bond donors (Lipinski definition) is 0. The van der Waals surface area contributed by atoms with E-state index in [0.29, 0.717) is 11.8 Å². The van der Waals surface area contributed by atoms with Crippen LogP contribution in [0.1, 0.15) is 31.1 Å². The van der Waals surface area contributed by atoms with Gasteiger partial charge in [-0.05, 0) is 30.3 Å². The fourth-order valence-corrected chi connectivity index (χ4v) is 1.84. The van der Waals surface area contributed by atoms with Crippen LogP contribution in [0.15, 0.2) is 42.5 Å². The lowest BCUT2D eigenvalue weighted by molar-refractivity contribution is 0.0474. The molecule has 2 aromatic rings. The van der Waals surface area contributed by atoms with E-state index in [-0.39, 0.29) is 16.9 Å². The number of carbonyl (C=O) groups is 3.